The first-order valence-corrected chi connectivity index (χ1v) is 9.55. The van der Waals surface area contributed by atoms with Crippen LogP contribution in [0.25, 0.3) is 6.08 Å². The van der Waals surface area contributed by atoms with Gasteiger partial charge in [-0.05, 0) is 53.2 Å². The molecule has 146 valence electrons. The number of carbonyl (C=O) groups is 2. The lowest BCUT2D eigenvalue weighted by atomic mass is 10.1. The number of methoxy groups -OCH3 is 2. The summed E-state index contributed by atoms with van der Waals surface area (Å²) in [6.45, 7) is 0.0844. The van der Waals surface area contributed by atoms with E-state index in [1.54, 1.807) is 36.4 Å². The average molecular weight is 440 g/mol. The Hall–Kier alpha value is -2.35. The second-order valence-corrected chi connectivity index (χ2v) is 7.60. The van der Waals surface area contributed by atoms with Crippen LogP contribution in [-0.4, -0.2) is 35.4 Å². The van der Waals surface area contributed by atoms with Crippen LogP contribution in [0.5, 0.6) is 17.2 Å². The van der Waals surface area contributed by atoms with E-state index in [9.17, 15) is 14.7 Å². The van der Waals surface area contributed by atoms with Crippen molar-refractivity contribution in [1.29, 1.82) is 0 Å². The third-order valence-electron chi connectivity index (χ3n) is 4.00. The first-order valence-electron chi connectivity index (χ1n) is 7.98. The first-order chi connectivity index (χ1) is 13.3. The molecule has 2 amide bonds. The topological polar surface area (TPSA) is 76.1 Å². The van der Waals surface area contributed by atoms with Crippen molar-refractivity contribution in [3.8, 4) is 17.2 Å². The van der Waals surface area contributed by atoms with Gasteiger partial charge in [-0.1, -0.05) is 29.3 Å². The minimum absolute atomic E-state index is 0.0844. The molecule has 0 aromatic heterocycles. The molecule has 3 rings (SSSR count). The number of thioether (sulfide) groups is 1. The summed E-state index contributed by atoms with van der Waals surface area (Å²) in [5, 5.41) is 10.4. The second kappa shape index (κ2) is 8.34. The predicted molar refractivity (Wildman–Crippen MR) is 109 cm³/mol. The Balaban J connectivity index is 1.87. The van der Waals surface area contributed by atoms with Gasteiger partial charge in [0, 0.05) is 0 Å². The zero-order chi connectivity index (χ0) is 20.4. The zero-order valence-corrected chi connectivity index (χ0v) is 17.2. The lowest BCUT2D eigenvalue weighted by Gasteiger charge is -2.13. The van der Waals surface area contributed by atoms with Crippen molar-refractivity contribution >= 4 is 52.2 Å². The van der Waals surface area contributed by atoms with Gasteiger partial charge in [-0.15, -0.1) is 0 Å². The smallest absolute Gasteiger partial charge is 0.293 e. The van der Waals surface area contributed by atoms with Crippen molar-refractivity contribution in [3.63, 3.8) is 0 Å². The number of imide groups is 1. The largest absolute Gasteiger partial charge is 0.502 e. The highest BCUT2D eigenvalue weighted by molar-refractivity contribution is 8.18. The third kappa shape index (κ3) is 4.06. The van der Waals surface area contributed by atoms with Crippen molar-refractivity contribution in [2.24, 2.45) is 0 Å². The van der Waals surface area contributed by atoms with Crippen LogP contribution in [0.4, 0.5) is 4.79 Å². The molecule has 9 heteroatoms. The van der Waals surface area contributed by atoms with Crippen molar-refractivity contribution in [2.45, 2.75) is 6.54 Å². The summed E-state index contributed by atoms with van der Waals surface area (Å²) in [6, 6.07) is 8.03. The summed E-state index contributed by atoms with van der Waals surface area (Å²) in [6.07, 6.45) is 1.55. The van der Waals surface area contributed by atoms with E-state index in [2.05, 4.69) is 0 Å². The Morgan fingerprint density at radius 3 is 2.29 bits per heavy atom. The quantitative estimate of drug-likeness (QED) is 0.663. The van der Waals surface area contributed by atoms with Crippen LogP contribution in [0, 0.1) is 0 Å². The Kier molecular flexibility index (Phi) is 6.07. The van der Waals surface area contributed by atoms with Crippen molar-refractivity contribution in [1.82, 2.24) is 4.90 Å². The Bertz CT molecular complexity index is 967. The number of nitrogens with zero attached hydrogens (tertiary/aromatic N) is 1. The number of carbonyl (C=O) groups excluding carboxylic acids is 2. The van der Waals surface area contributed by atoms with E-state index in [-0.39, 0.29) is 33.9 Å². The first kappa shape index (κ1) is 20.4. The highest BCUT2D eigenvalue weighted by Gasteiger charge is 2.35. The SMILES string of the molecule is COc1cc(C=C2SC(=O)N(Cc3ccc(Cl)c(Cl)c3)C2=O)cc(OC)c1O. The second-order valence-electron chi connectivity index (χ2n) is 5.79. The molecule has 28 heavy (non-hydrogen) atoms. The number of amides is 2. The molecule has 0 spiro atoms. The van der Waals surface area contributed by atoms with Crippen LogP contribution >= 0.6 is 35.0 Å². The summed E-state index contributed by atoms with van der Waals surface area (Å²) in [5.74, 6) is -0.178. The number of rotatable bonds is 5. The van der Waals surface area contributed by atoms with Gasteiger partial charge >= 0.3 is 0 Å². The van der Waals surface area contributed by atoms with Crippen molar-refractivity contribution in [3.05, 3.63) is 56.4 Å². The molecule has 0 unspecified atom stereocenters. The molecule has 0 aliphatic carbocycles. The summed E-state index contributed by atoms with van der Waals surface area (Å²) in [5.41, 5.74) is 1.23. The molecule has 2 aromatic rings. The molecule has 0 radical (unpaired) electrons. The summed E-state index contributed by atoms with van der Waals surface area (Å²) in [4.78, 5) is 26.4. The normalized spacial score (nSPS) is 15.4. The Morgan fingerprint density at radius 2 is 1.71 bits per heavy atom. The molecule has 1 saturated heterocycles. The fraction of sp³-hybridized carbons (Fsp3) is 0.158. The fourth-order valence-electron chi connectivity index (χ4n) is 2.61. The van der Waals surface area contributed by atoms with Crippen LogP contribution in [0.2, 0.25) is 10.0 Å². The number of phenolic OH excluding ortho intramolecular Hbond substituents is 1. The molecule has 1 N–H and O–H groups in total. The minimum atomic E-state index is -0.424. The van der Waals surface area contributed by atoms with Gasteiger partial charge in [-0.25, -0.2) is 0 Å². The average Bonchev–Trinajstić information content (AvgIpc) is 2.93. The molecule has 1 aliphatic heterocycles. The Morgan fingerprint density at radius 1 is 1.07 bits per heavy atom. The highest BCUT2D eigenvalue weighted by Crippen LogP contribution is 2.39. The highest BCUT2D eigenvalue weighted by atomic mass is 35.5. The van der Waals surface area contributed by atoms with Gasteiger partial charge in [-0.2, -0.15) is 0 Å². The lowest BCUT2D eigenvalue weighted by Crippen LogP contribution is -2.27. The van der Waals surface area contributed by atoms with Crippen molar-refractivity contribution in [2.75, 3.05) is 14.2 Å². The molecular formula is C19H15Cl2NO5S. The number of hydrogen-bond acceptors (Lipinski definition) is 6. The lowest BCUT2D eigenvalue weighted by molar-refractivity contribution is -0.123. The number of benzene rings is 2. The van der Waals surface area contributed by atoms with E-state index in [0.717, 1.165) is 16.7 Å². The van der Waals surface area contributed by atoms with Crippen LogP contribution < -0.4 is 9.47 Å². The van der Waals surface area contributed by atoms with E-state index in [0.29, 0.717) is 21.2 Å². The monoisotopic (exact) mass is 439 g/mol. The molecule has 6 nitrogen and oxygen atoms in total. The predicted octanol–water partition coefficient (Wildman–Crippen LogP) is 4.95. The van der Waals surface area contributed by atoms with Crippen LogP contribution in [0.3, 0.4) is 0 Å². The molecule has 1 heterocycles. The maximum atomic E-state index is 12.7. The number of aromatic hydroxyl groups is 1. The maximum absolute atomic E-state index is 12.7. The fourth-order valence-corrected chi connectivity index (χ4v) is 3.76. The number of hydrogen-bond donors (Lipinski definition) is 1. The van der Waals surface area contributed by atoms with Gasteiger partial charge in [0.1, 0.15) is 0 Å². The van der Waals surface area contributed by atoms with Crippen LogP contribution in [-0.2, 0) is 11.3 Å². The number of halogens is 2. The van der Waals surface area contributed by atoms with Gasteiger partial charge in [0.2, 0.25) is 5.75 Å². The van der Waals surface area contributed by atoms with E-state index >= 15 is 0 Å². The number of ether oxygens (including phenoxy) is 2. The molecule has 0 saturated carbocycles. The summed E-state index contributed by atoms with van der Waals surface area (Å²) in [7, 11) is 2.81. The van der Waals surface area contributed by atoms with Gasteiger partial charge in [0.05, 0.1) is 35.7 Å². The van der Waals surface area contributed by atoms with Crippen molar-refractivity contribution < 1.29 is 24.2 Å². The van der Waals surface area contributed by atoms with Gasteiger partial charge < -0.3 is 14.6 Å². The standard InChI is InChI=1S/C19H15Cl2NO5S/c1-26-14-6-11(7-15(27-2)17(14)23)8-16-18(24)22(19(25)28-16)9-10-3-4-12(20)13(21)5-10/h3-8,23H,9H2,1-2H3. The third-order valence-corrected chi connectivity index (χ3v) is 5.64. The number of phenols is 1. The molecule has 1 aliphatic rings. The zero-order valence-electron chi connectivity index (χ0n) is 14.9. The minimum Gasteiger partial charge on any atom is -0.502 e. The van der Waals surface area contributed by atoms with Gasteiger partial charge in [0.15, 0.2) is 11.5 Å². The van der Waals surface area contributed by atoms with Crippen LogP contribution in [0.1, 0.15) is 11.1 Å². The van der Waals surface area contributed by atoms with E-state index in [1.807, 2.05) is 0 Å². The molecule has 0 atom stereocenters. The van der Waals surface area contributed by atoms with E-state index in [1.165, 1.54) is 14.2 Å². The molecule has 0 bridgehead atoms. The van der Waals surface area contributed by atoms with Gasteiger partial charge in [0.25, 0.3) is 11.1 Å². The molecule has 1 fully saturated rings. The Labute approximate surface area is 175 Å². The summed E-state index contributed by atoms with van der Waals surface area (Å²) < 4.78 is 10.2. The van der Waals surface area contributed by atoms with E-state index < -0.39 is 5.91 Å². The van der Waals surface area contributed by atoms with Crippen LogP contribution in [0.15, 0.2) is 35.2 Å². The summed E-state index contributed by atoms with van der Waals surface area (Å²) >= 11 is 12.7. The van der Waals surface area contributed by atoms with Gasteiger partial charge in [-0.3, -0.25) is 14.5 Å². The van der Waals surface area contributed by atoms with E-state index in [4.69, 9.17) is 32.7 Å². The molecular weight excluding hydrogens is 425 g/mol. The molecule has 2 aromatic carbocycles. The maximum Gasteiger partial charge on any atom is 0.293 e.